The number of carbonyl (C=O) groups is 1. The number of nitrogens with two attached hydrogens (primary N) is 1. The molecule has 22 heavy (non-hydrogen) atoms. The number of nitrogens with one attached hydrogen (secondary N) is 2. The van der Waals surface area contributed by atoms with Gasteiger partial charge in [-0.1, -0.05) is 0 Å². The van der Waals surface area contributed by atoms with Gasteiger partial charge in [0.25, 0.3) is 0 Å². The molecule has 0 spiro atoms. The Morgan fingerprint density at radius 2 is 2.14 bits per heavy atom. The second kappa shape index (κ2) is 6.78. The molecule has 1 amide bonds. The number of aromatic nitrogens is 2. The highest BCUT2D eigenvalue weighted by molar-refractivity contribution is 5.84. The Hall–Kier alpha value is -2.09. The topological polar surface area (TPSA) is 105 Å². The first-order valence-corrected chi connectivity index (χ1v) is 7.74. The number of hydrogen-bond donors (Lipinski definition) is 3. The van der Waals surface area contributed by atoms with E-state index in [0.29, 0.717) is 19.0 Å². The lowest BCUT2D eigenvalue weighted by molar-refractivity contribution is -0.121. The predicted molar refractivity (Wildman–Crippen MR) is 83.7 cm³/mol. The van der Waals surface area contributed by atoms with Crippen LogP contribution in [0.4, 0.5) is 17.6 Å². The van der Waals surface area contributed by atoms with E-state index in [1.807, 2.05) is 6.07 Å². The maximum Gasteiger partial charge on any atom is 0.242 e. The van der Waals surface area contributed by atoms with Crippen LogP contribution in [0.15, 0.2) is 6.07 Å². The Morgan fingerprint density at radius 3 is 2.95 bits per heavy atom. The third-order valence-electron chi connectivity index (χ3n) is 3.92. The fraction of sp³-hybridized carbons (Fsp3) is 0.643. The van der Waals surface area contributed by atoms with Crippen LogP contribution in [0.1, 0.15) is 19.3 Å². The maximum absolute atomic E-state index is 12.0. The molecule has 1 atom stereocenters. The van der Waals surface area contributed by atoms with Crippen molar-refractivity contribution < 1.29 is 9.53 Å². The van der Waals surface area contributed by atoms with E-state index >= 15 is 0 Å². The number of amides is 1. The van der Waals surface area contributed by atoms with Crippen LogP contribution in [-0.2, 0) is 9.53 Å². The van der Waals surface area contributed by atoms with Crippen LogP contribution in [-0.4, -0.2) is 54.8 Å². The van der Waals surface area contributed by atoms with Crippen molar-refractivity contribution in [3.8, 4) is 0 Å². The number of ether oxygens (including phenoxy) is 1. The molecule has 2 aliphatic heterocycles. The second-order valence-electron chi connectivity index (χ2n) is 5.55. The van der Waals surface area contributed by atoms with Crippen molar-refractivity contribution in [1.82, 2.24) is 15.3 Å². The van der Waals surface area contributed by atoms with Crippen molar-refractivity contribution in [3.05, 3.63) is 6.07 Å². The van der Waals surface area contributed by atoms with Crippen molar-refractivity contribution in [2.45, 2.75) is 25.3 Å². The monoisotopic (exact) mass is 306 g/mol. The van der Waals surface area contributed by atoms with E-state index in [4.69, 9.17) is 10.5 Å². The number of hydrogen-bond acceptors (Lipinski definition) is 7. The van der Waals surface area contributed by atoms with Crippen LogP contribution in [0.2, 0.25) is 0 Å². The Bertz CT molecular complexity index is 532. The molecule has 2 fully saturated rings. The first-order valence-electron chi connectivity index (χ1n) is 7.74. The summed E-state index contributed by atoms with van der Waals surface area (Å²) in [6.45, 7) is 3.65. The molecule has 3 heterocycles. The SMILES string of the molecule is Nc1nc(N[C@H]2CCCCNC2=O)cc(N2CCOCC2)n1. The Kier molecular flexibility index (Phi) is 4.57. The number of carbonyl (C=O) groups excluding carboxylic acids is 1. The summed E-state index contributed by atoms with van der Waals surface area (Å²) in [5, 5.41) is 6.09. The number of nitrogens with zero attached hydrogens (tertiary/aromatic N) is 3. The van der Waals surface area contributed by atoms with Crippen LogP contribution in [0.3, 0.4) is 0 Å². The second-order valence-corrected chi connectivity index (χ2v) is 5.55. The Labute approximate surface area is 129 Å². The smallest absolute Gasteiger partial charge is 0.242 e. The van der Waals surface area contributed by atoms with Gasteiger partial charge in [0.05, 0.1) is 13.2 Å². The highest BCUT2D eigenvalue weighted by Gasteiger charge is 2.22. The van der Waals surface area contributed by atoms with E-state index in [1.54, 1.807) is 0 Å². The zero-order chi connectivity index (χ0) is 15.4. The zero-order valence-electron chi connectivity index (χ0n) is 12.5. The van der Waals surface area contributed by atoms with Crippen molar-refractivity contribution >= 4 is 23.5 Å². The maximum atomic E-state index is 12.0. The van der Waals surface area contributed by atoms with Crippen LogP contribution in [0.25, 0.3) is 0 Å². The molecule has 2 saturated heterocycles. The van der Waals surface area contributed by atoms with Gasteiger partial charge in [-0.3, -0.25) is 4.79 Å². The molecule has 8 nitrogen and oxygen atoms in total. The van der Waals surface area contributed by atoms with E-state index in [9.17, 15) is 4.79 Å². The summed E-state index contributed by atoms with van der Waals surface area (Å²) in [6.07, 6.45) is 2.81. The minimum Gasteiger partial charge on any atom is -0.378 e. The van der Waals surface area contributed by atoms with E-state index in [-0.39, 0.29) is 17.9 Å². The lowest BCUT2D eigenvalue weighted by Gasteiger charge is -2.28. The van der Waals surface area contributed by atoms with E-state index in [2.05, 4.69) is 25.5 Å². The van der Waals surface area contributed by atoms with E-state index in [0.717, 1.165) is 44.7 Å². The summed E-state index contributed by atoms with van der Waals surface area (Å²) < 4.78 is 5.35. The molecule has 2 aliphatic rings. The van der Waals surface area contributed by atoms with Gasteiger partial charge in [0, 0.05) is 25.7 Å². The fourth-order valence-electron chi connectivity index (χ4n) is 2.74. The van der Waals surface area contributed by atoms with E-state index in [1.165, 1.54) is 0 Å². The van der Waals surface area contributed by atoms with Gasteiger partial charge >= 0.3 is 0 Å². The van der Waals surface area contributed by atoms with Crippen molar-refractivity contribution in [1.29, 1.82) is 0 Å². The largest absolute Gasteiger partial charge is 0.378 e. The van der Waals surface area contributed by atoms with Gasteiger partial charge in [0.2, 0.25) is 11.9 Å². The van der Waals surface area contributed by atoms with Gasteiger partial charge in [0.15, 0.2) is 0 Å². The Balaban J connectivity index is 1.75. The van der Waals surface area contributed by atoms with Gasteiger partial charge < -0.3 is 26.0 Å². The molecule has 4 N–H and O–H groups in total. The van der Waals surface area contributed by atoms with Gasteiger partial charge in [-0.15, -0.1) is 0 Å². The molecule has 1 aromatic heterocycles. The molecule has 0 bridgehead atoms. The molecule has 0 saturated carbocycles. The first-order chi connectivity index (χ1) is 10.7. The van der Waals surface area contributed by atoms with Crippen LogP contribution in [0.5, 0.6) is 0 Å². The zero-order valence-corrected chi connectivity index (χ0v) is 12.5. The lowest BCUT2D eigenvalue weighted by atomic mass is 10.1. The predicted octanol–water partition coefficient (Wildman–Crippen LogP) is -0.0240. The molecule has 0 unspecified atom stereocenters. The lowest BCUT2D eigenvalue weighted by Crippen LogP contribution is -2.39. The number of anilines is 3. The normalized spacial score (nSPS) is 22.8. The van der Waals surface area contributed by atoms with Gasteiger partial charge in [-0.2, -0.15) is 9.97 Å². The molecule has 0 aromatic carbocycles. The molecule has 0 radical (unpaired) electrons. The fourth-order valence-corrected chi connectivity index (χ4v) is 2.74. The summed E-state index contributed by atoms with van der Waals surface area (Å²) >= 11 is 0. The number of rotatable bonds is 3. The molecular formula is C14H22N6O2. The number of morpholine rings is 1. The molecule has 120 valence electrons. The standard InChI is InChI=1S/C14H22N6O2/c15-14-18-11(17-10-3-1-2-4-16-13(10)21)9-12(19-14)20-5-7-22-8-6-20/h9-10H,1-8H2,(H,16,21)(H3,15,17,18,19)/t10-/m0/s1. The van der Waals surface area contributed by atoms with Crippen molar-refractivity contribution in [3.63, 3.8) is 0 Å². The molecule has 3 rings (SSSR count). The van der Waals surface area contributed by atoms with Crippen molar-refractivity contribution in [2.24, 2.45) is 0 Å². The molecular weight excluding hydrogens is 284 g/mol. The highest BCUT2D eigenvalue weighted by Crippen LogP contribution is 2.20. The summed E-state index contributed by atoms with van der Waals surface area (Å²) in [5.74, 6) is 1.59. The first kappa shape index (κ1) is 14.8. The van der Waals surface area contributed by atoms with E-state index < -0.39 is 0 Å². The van der Waals surface area contributed by atoms with Crippen LogP contribution >= 0.6 is 0 Å². The van der Waals surface area contributed by atoms with Gasteiger partial charge in [-0.05, 0) is 19.3 Å². The van der Waals surface area contributed by atoms with Crippen LogP contribution in [0, 0.1) is 0 Å². The molecule has 1 aromatic rings. The highest BCUT2D eigenvalue weighted by atomic mass is 16.5. The average Bonchev–Trinajstić information content (AvgIpc) is 2.73. The summed E-state index contributed by atoms with van der Waals surface area (Å²) in [4.78, 5) is 22.6. The van der Waals surface area contributed by atoms with Crippen molar-refractivity contribution in [2.75, 3.05) is 48.8 Å². The average molecular weight is 306 g/mol. The quantitative estimate of drug-likeness (QED) is 0.720. The molecule has 8 heteroatoms. The van der Waals surface area contributed by atoms with Crippen LogP contribution < -0.4 is 21.3 Å². The van der Waals surface area contributed by atoms with Gasteiger partial charge in [0.1, 0.15) is 17.7 Å². The number of nitrogen functional groups attached to an aromatic ring is 1. The molecule has 0 aliphatic carbocycles. The summed E-state index contributed by atoms with van der Waals surface area (Å²) in [7, 11) is 0. The Morgan fingerprint density at radius 1 is 1.32 bits per heavy atom. The third kappa shape index (κ3) is 3.56. The minimum absolute atomic E-state index is 0.0163. The third-order valence-corrected chi connectivity index (χ3v) is 3.92. The van der Waals surface area contributed by atoms with Gasteiger partial charge in [-0.25, -0.2) is 0 Å². The summed E-state index contributed by atoms with van der Waals surface area (Å²) in [5.41, 5.74) is 5.82. The summed E-state index contributed by atoms with van der Waals surface area (Å²) in [6, 6.07) is 1.58. The minimum atomic E-state index is -0.269.